The Bertz CT molecular complexity index is 323. The van der Waals surface area contributed by atoms with Gasteiger partial charge < -0.3 is 10.8 Å². The van der Waals surface area contributed by atoms with Crippen molar-refractivity contribution >= 4 is 5.91 Å². The molecule has 0 heterocycles. The topological polar surface area (TPSA) is 63.3 Å². The fourth-order valence-corrected chi connectivity index (χ4v) is 4.05. The summed E-state index contributed by atoms with van der Waals surface area (Å²) >= 11 is 0. The van der Waals surface area contributed by atoms with Crippen molar-refractivity contribution in [1.82, 2.24) is 0 Å². The summed E-state index contributed by atoms with van der Waals surface area (Å²) in [5, 5.41) is 10.5. The van der Waals surface area contributed by atoms with Gasteiger partial charge in [-0.3, -0.25) is 4.79 Å². The van der Waals surface area contributed by atoms with Gasteiger partial charge in [-0.05, 0) is 37.5 Å². The van der Waals surface area contributed by atoms with Crippen LogP contribution in [0.4, 0.5) is 0 Å². The molecule has 0 aromatic carbocycles. The largest absolute Gasteiger partial charge is 0.393 e. The second kappa shape index (κ2) is 9.54. The minimum atomic E-state index is -0.540. The van der Waals surface area contributed by atoms with Gasteiger partial charge in [-0.1, -0.05) is 65.7 Å². The molecule has 0 aromatic heterocycles. The Labute approximate surface area is 137 Å². The number of aliphatic hydroxyl groups is 1. The number of hydrogen-bond acceptors (Lipinski definition) is 2. The van der Waals surface area contributed by atoms with Crippen LogP contribution < -0.4 is 5.73 Å². The van der Waals surface area contributed by atoms with E-state index in [0.717, 1.165) is 38.0 Å². The maximum atomic E-state index is 12.1. The maximum absolute atomic E-state index is 12.1. The molecule has 1 saturated carbocycles. The van der Waals surface area contributed by atoms with E-state index in [4.69, 9.17) is 5.73 Å². The molecule has 2 atom stereocenters. The van der Waals surface area contributed by atoms with Gasteiger partial charge in [0.1, 0.15) is 0 Å². The van der Waals surface area contributed by atoms with E-state index < -0.39 is 11.5 Å². The number of rotatable bonds is 10. The number of carbonyl (C=O) groups excluding carboxylic acids is 1. The Balaban J connectivity index is 2.57. The summed E-state index contributed by atoms with van der Waals surface area (Å²) in [4.78, 5) is 12.1. The Morgan fingerprint density at radius 3 is 2.41 bits per heavy atom. The molecule has 1 amide bonds. The first-order valence-electron chi connectivity index (χ1n) is 9.40. The molecule has 3 nitrogen and oxygen atoms in total. The number of unbranched alkanes of at least 4 members (excludes halogenated alkanes) is 1. The highest BCUT2D eigenvalue weighted by Gasteiger charge is 2.40. The van der Waals surface area contributed by atoms with Crippen molar-refractivity contribution < 1.29 is 9.90 Å². The summed E-state index contributed by atoms with van der Waals surface area (Å²) in [7, 11) is 0. The Kier molecular flexibility index (Phi) is 8.45. The minimum Gasteiger partial charge on any atom is -0.393 e. The fourth-order valence-electron chi connectivity index (χ4n) is 4.05. The molecular formula is C19H37NO2. The van der Waals surface area contributed by atoms with Gasteiger partial charge in [0.15, 0.2) is 0 Å². The normalized spacial score (nSPS) is 20.8. The Morgan fingerprint density at radius 2 is 1.91 bits per heavy atom. The highest BCUT2D eigenvalue weighted by atomic mass is 16.3. The molecule has 0 spiro atoms. The summed E-state index contributed by atoms with van der Waals surface area (Å²) < 4.78 is 0. The average Bonchev–Trinajstić information content (AvgIpc) is 2.49. The van der Waals surface area contributed by atoms with Crippen molar-refractivity contribution in [3.8, 4) is 0 Å². The summed E-state index contributed by atoms with van der Waals surface area (Å²) in [5.41, 5.74) is 5.21. The van der Waals surface area contributed by atoms with Crippen LogP contribution >= 0.6 is 0 Å². The molecule has 22 heavy (non-hydrogen) atoms. The van der Waals surface area contributed by atoms with Crippen LogP contribution in [0.25, 0.3) is 0 Å². The second-order valence-electron chi connectivity index (χ2n) is 7.72. The number of carbonyl (C=O) groups is 1. The lowest BCUT2D eigenvalue weighted by Crippen LogP contribution is -2.44. The van der Waals surface area contributed by atoms with E-state index in [0.29, 0.717) is 6.42 Å². The van der Waals surface area contributed by atoms with E-state index in [1.165, 1.54) is 32.1 Å². The van der Waals surface area contributed by atoms with E-state index in [1.807, 2.05) is 0 Å². The smallest absolute Gasteiger partial charge is 0.223 e. The van der Waals surface area contributed by atoms with Gasteiger partial charge >= 0.3 is 0 Å². The standard InChI is InChI=1S/C19H37NO2/c1-4-5-13-19(15(2)3,18(20)22)14-17(21)12-11-16-9-7-6-8-10-16/h15-17,21H,4-14H2,1-3H3,(H2,20,22). The number of amides is 1. The van der Waals surface area contributed by atoms with Crippen molar-refractivity contribution in [2.24, 2.45) is 23.0 Å². The first kappa shape index (κ1) is 19.5. The lowest BCUT2D eigenvalue weighted by atomic mass is 9.68. The number of nitrogens with two attached hydrogens (primary N) is 1. The van der Waals surface area contributed by atoms with Crippen molar-refractivity contribution in [3.63, 3.8) is 0 Å². The van der Waals surface area contributed by atoms with Crippen LogP contribution in [0, 0.1) is 17.3 Å². The monoisotopic (exact) mass is 311 g/mol. The molecule has 0 saturated heterocycles. The quantitative estimate of drug-likeness (QED) is 0.627. The molecule has 130 valence electrons. The van der Waals surface area contributed by atoms with Crippen molar-refractivity contribution in [1.29, 1.82) is 0 Å². The molecule has 3 heteroatoms. The molecule has 0 radical (unpaired) electrons. The fraction of sp³-hybridized carbons (Fsp3) is 0.947. The van der Waals surface area contributed by atoms with Crippen molar-refractivity contribution in [2.45, 2.75) is 97.5 Å². The molecule has 3 N–H and O–H groups in total. The van der Waals surface area contributed by atoms with Gasteiger partial charge in [0.25, 0.3) is 0 Å². The first-order chi connectivity index (χ1) is 10.4. The second-order valence-corrected chi connectivity index (χ2v) is 7.72. The third-order valence-corrected chi connectivity index (χ3v) is 5.81. The van der Waals surface area contributed by atoms with Crippen LogP contribution in [0.2, 0.25) is 0 Å². The Morgan fingerprint density at radius 1 is 1.27 bits per heavy atom. The number of primary amides is 1. The predicted octanol–water partition coefficient (Wildman–Crippen LogP) is 4.42. The highest BCUT2D eigenvalue weighted by Crippen LogP contribution is 2.39. The van der Waals surface area contributed by atoms with Gasteiger partial charge in [-0.2, -0.15) is 0 Å². The number of hydrogen-bond donors (Lipinski definition) is 2. The molecule has 1 rings (SSSR count). The zero-order valence-corrected chi connectivity index (χ0v) is 14.9. The molecule has 0 bridgehead atoms. The van der Waals surface area contributed by atoms with Crippen LogP contribution in [-0.2, 0) is 4.79 Å². The molecular weight excluding hydrogens is 274 g/mol. The van der Waals surface area contributed by atoms with Crippen LogP contribution in [0.5, 0.6) is 0 Å². The van der Waals surface area contributed by atoms with E-state index in [1.54, 1.807) is 0 Å². The highest BCUT2D eigenvalue weighted by molar-refractivity contribution is 5.81. The zero-order valence-electron chi connectivity index (χ0n) is 14.9. The van der Waals surface area contributed by atoms with Crippen molar-refractivity contribution in [2.75, 3.05) is 0 Å². The van der Waals surface area contributed by atoms with Crippen LogP contribution in [0.15, 0.2) is 0 Å². The van der Waals surface area contributed by atoms with Gasteiger partial charge in [0.2, 0.25) is 5.91 Å². The van der Waals surface area contributed by atoms with Gasteiger partial charge in [0, 0.05) is 0 Å². The molecule has 1 aliphatic carbocycles. The maximum Gasteiger partial charge on any atom is 0.223 e. The first-order valence-corrected chi connectivity index (χ1v) is 9.40. The SMILES string of the molecule is CCCCC(CC(O)CCC1CCCCC1)(C(N)=O)C(C)C. The van der Waals surface area contributed by atoms with Gasteiger partial charge in [-0.15, -0.1) is 0 Å². The zero-order chi connectivity index (χ0) is 16.6. The summed E-state index contributed by atoms with van der Waals surface area (Å²) in [6.07, 6.45) is 11.6. The lowest BCUT2D eigenvalue weighted by Gasteiger charge is -2.36. The van der Waals surface area contributed by atoms with E-state index >= 15 is 0 Å². The number of aliphatic hydroxyl groups excluding tert-OH is 1. The minimum absolute atomic E-state index is 0.181. The third kappa shape index (κ3) is 5.57. The Hall–Kier alpha value is -0.570. The summed E-state index contributed by atoms with van der Waals surface area (Å²) in [6, 6.07) is 0. The van der Waals surface area contributed by atoms with E-state index in [9.17, 15) is 9.90 Å². The molecule has 0 aromatic rings. The molecule has 1 fully saturated rings. The summed E-state index contributed by atoms with van der Waals surface area (Å²) in [5.74, 6) is 0.731. The summed E-state index contributed by atoms with van der Waals surface area (Å²) in [6.45, 7) is 6.26. The van der Waals surface area contributed by atoms with Crippen LogP contribution in [0.3, 0.4) is 0 Å². The van der Waals surface area contributed by atoms with Crippen molar-refractivity contribution in [3.05, 3.63) is 0 Å². The predicted molar refractivity (Wildman–Crippen MR) is 92.4 cm³/mol. The average molecular weight is 312 g/mol. The van der Waals surface area contributed by atoms with Gasteiger partial charge in [-0.25, -0.2) is 0 Å². The van der Waals surface area contributed by atoms with E-state index in [-0.39, 0.29) is 11.8 Å². The molecule has 2 unspecified atom stereocenters. The third-order valence-electron chi connectivity index (χ3n) is 5.81. The van der Waals surface area contributed by atoms with Gasteiger partial charge in [0.05, 0.1) is 11.5 Å². The van der Waals surface area contributed by atoms with Crippen LogP contribution in [0.1, 0.15) is 91.4 Å². The molecule has 1 aliphatic rings. The molecule has 0 aliphatic heterocycles. The van der Waals surface area contributed by atoms with Crippen LogP contribution in [-0.4, -0.2) is 17.1 Å². The van der Waals surface area contributed by atoms with E-state index in [2.05, 4.69) is 20.8 Å². The lowest BCUT2D eigenvalue weighted by molar-refractivity contribution is -0.133.